The van der Waals surface area contributed by atoms with E-state index in [0.717, 1.165) is 18.6 Å². The molecule has 1 aromatic carbocycles. The smallest absolute Gasteiger partial charge is 0.338 e. The largest absolute Gasteiger partial charge is 0.462 e. The predicted molar refractivity (Wildman–Crippen MR) is 129 cm³/mol. The summed E-state index contributed by atoms with van der Waals surface area (Å²) in [4.78, 5) is 36.5. The maximum Gasteiger partial charge on any atom is 0.338 e. The second-order valence-electron chi connectivity index (χ2n) is 9.59. The number of rotatable bonds is 6. The van der Waals surface area contributed by atoms with Gasteiger partial charge in [0.15, 0.2) is 5.17 Å². The van der Waals surface area contributed by atoms with Gasteiger partial charge in [0.1, 0.15) is 5.25 Å². The molecular formula is C24H30N4O4S. The zero-order chi connectivity index (χ0) is 23.8. The molecule has 8 nitrogen and oxygen atoms in total. The van der Waals surface area contributed by atoms with Gasteiger partial charge in [-0.3, -0.25) is 9.59 Å². The number of hydrogen-bond acceptors (Lipinski definition) is 7. The van der Waals surface area contributed by atoms with Crippen LogP contribution in [0.2, 0.25) is 0 Å². The molecule has 1 saturated heterocycles. The molecule has 2 N–H and O–H groups in total. The van der Waals surface area contributed by atoms with Gasteiger partial charge in [0, 0.05) is 23.2 Å². The summed E-state index contributed by atoms with van der Waals surface area (Å²) in [5, 5.41) is 14.2. The predicted octanol–water partition coefficient (Wildman–Crippen LogP) is 3.98. The number of amidine groups is 1. The van der Waals surface area contributed by atoms with Crippen LogP contribution in [0.25, 0.3) is 0 Å². The van der Waals surface area contributed by atoms with Crippen molar-refractivity contribution in [3.8, 4) is 0 Å². The van der Waals surface area contributed by atoms with E-state index in [1.54, 1.807) is 31.2 Å². The molecule has 2 aliphatic carbocycles. The molecule has 3 fully saturated rings. The van der Waals surface area contributed by atoms with Gasteiger partial charge in [0.2, 0.25) is 11.8 Å². The quantitative estimate of drug-likeness (QED) is 0.483. The Morgan fingerprint density at radius 3 is 2.55 bits per heavy atom. The van der Waals surface area contributed by atoms with E-state index >= 15 is 0 Å². The van der Waals surface area contributed by atoms with Gasteiger partial charge in [-0.15, -0.1) is 5.10 Å². The second-order valence-corrected chi connectivity index (χ2v) is 10.8. The maximum absolute atomic E-state index is 12.4. The first-order valence-corrected chi connectivity index (χ1v) is 12.2. The SMILES string of the molecule is CCOC(=O)c1ccc(NC(=O)C[C@@H]2S/C(=N\N=C3/C[C@H]4CC[C@@]3(C)C4(C)C)NC2=O)cc1. The summed E-state index contributed by atoms with van der Waals surface area (Å²) in [7, 11) is 0. The summed E-state index contributed by atoms with van der Waals surface area (Å²) in [6.45, 7) is 8.93. The minimum atomic E-state index is -0.560. The molecule has 176 valence electrons. The van der Waals surface area contributed by atoms with Crippen LogP contribution in [0.15, 0.2) is 34.5 Å². The van der Waals surface area contributed by atoms with Gasteiger partial charge < -0.3 is 15.4 Å². The number of ether oxygens (including phenoxy) is 1. The first-order chi connectivity index (χ1) is 15.6. The first-order valence-electron chi connectivity index (χ1n) is 11.3. The van der Waals surface area contributed by atoms with Crippen molar-refractivity contribution in [1.82, 2.24) is 5.32 Å². The Balaban J connectivity index is 1.33. The van der Waals surface area contributed by atoms with Gasteiger partial charge >= 0.3 is 5.97 Å². The van der Waals surface area contributed by atoms with Gasteiger partial charge in [-0.2, -0.15) is 5.10 Å². The molecule has 9 heteroatoms. The number of thioether (sulfide) groups is 1. The number of esters is 1. The zero-order valence-electron chi connectivity index (χ0n) is 19.4. The normalized spacial score (nSPS) is 30.0. The number of benzene rings is 1. The molecule has 2 saturated carbocycles. The number of fused-ring (bicyclic) bond motifs is 2. The molecule has 1 heterocycles. The number of anilines is 1. The van der Waals surface area contributed by atoms with Gasteiger partial charge in [0.05, 0.1) is 12.2 Å². The van der Waals surface area contributed by atoms with Crippen LogP contribution in [0.4, 0.5) is 5.69 Å². The zero-order valence-corrected chi connectivity index (χ0v) is 20.3. The Hall–Kier alpha value is -2.68. The van der Waals surface area contributed by atoms with Crippen molar-refractivity contribution in [3.05, 3.63) is 29.8 Å². The van der Waals surface area contributed by atoms with Gasteiger partial charge in [-0.05, 0) is 61.8 Å². The number of hydrogen-bond donors (Lipinski definition) is 2. The maximum atomic E-state index is 12.4. The molecule has 1 aliphatic heterocycles. The van der Waals surface area contributed by atoms with E-state index < -0.39 is 11.2 Å². The van der Waals surface area contributed by atoms with Crippen LogP contribution in [0.3, 0.4) is 0 Å². The summed E-state index contributed by atoms with van der Waals surface area (Å²) < 4.78 is 4.95. The highest BCUT2D eigenvalue weighted by Crippen LogP contribution is 2.64. The molecule has 0 aromatic heterocycles. The highest BCUT2D eigenvalue weighted by molar-refractivity contribution is 8.15. The minimum absolute atomic E-state index is 0.0124. The van der Waals surface area contributed by atoms with Crippen molar-refractivity contribution in [2.75, 3.05) is 11.9 Å². The molecule has 4 rings (SSSR count). The highest BCUT2D eigenvalue weighted by atomic mass is 32.2. The molecule has 3 aliphatic rings. The number of nitrogens with one attached hydrogen (secondary N) is 2. The monoisotopic (exact) mass is 470 g/mol. The molecule has 3 atom stereocenters. The average Bonchev–Trinajstić information content (AvgIpc) is 3.29. The number of carbonyl (C=O) groups is 3. The van der Waals surface area contributed by atoms with Crippen molar-refractivity contribution in [1.29, 1.82) is 0 Å². The number of carbonyl (C=O) groups excluding carboxylic acids is 3. The van der Waals surface area contributed by atoms with E-state index in [2.05, 4.69) is 41.6 Å². The molecule has 1 aromatic rings. The van der Waals surface area contributed by atoms with Crippen LogP contribution in [0, 0.1) is 16.7 Å². The lowest BCUT2D eigenvalue weighted by Gasteiger charge is -2.34. The van der Waals surface area contributed by atoms with Crippen LogP contribution >= 0.6 is 11.8 Å². The number of nitrogens with zero attached hydrogens (tertiary/aromatic N) is 2. The standard InChI is InChI=1S/C24H30N4O4S/c1-5-32-21(31)14-6-8-16(9-7-14)25-19(29)13-17-20(30)26-22(33-17)28-27-18-12-15-10-11-24(18,4)23(15,2)3/h6-9,15,17H,5,10-13H2,1-4H3,(H,25,29)(H,26,28,30)/b27-18+/t15-,17+,24-/m1/s1. The van der Waals surface area contributed by atoms with Crippen LogP contribution in [0.5, 0.6) is 0 Å². The van der Waals surface area contributed by atoms with E-state index in [9.17, 15) is 14.4 Å². The Morgan fingerprint density at radius 1 is 1.21 bits per heavy atom. The van der Waals surface area contributed by atoms with Gasteiger partial charge in [0.25, 0.3) is 0 Å². The fourth-order valence-electron chi connectivity index (χ4n) is 5.06. The molecule has 33 heavy (non-hydrogen) atoms. The fraction of sp³-hybridized carbons (Fsp3) is 0.542. The topological polar surface area (TPSA) is 109 Å². The average molecular weight is 471 g/mol. The third-order valence-corrected chi connectivity index (χ3v) is 8.67. The van der Waals surface area contributed by atoms with Gasteiger partial charge in [-0.1, -0.05) is 32.5 Å². The van der Waals surface area contributed by atoms with Crippen molar-refractivity contribution >= 4 is 46.1 Å². The van der Waals surface area contributed by atoms with Crippen molar-refractivity contribution in [2.45, 2.75) is 58.6 Å². The molecule has 2 amide bonds. The Morgan fingerprint density at radius 2 is 1.94 bits per heavy atom. The van der Waals surface area contributed by atoms with Crippen LogP contribution in [0.1, 0.15) is 63.7 Å². The van der Waals surface area contributed by atoms with Crippen molar-refractivity contribution in [2.24, 2.45) is 27.0 Å². The molecule has 0 unspecified atom stereocenters. The Kier molecular flexibility index (Phi) is 6.35. The molecule has 0 radical (unpaired) electrons. The van der Waals surface area contributed by atoms with Gasteiger partial charge in [-0.25, -0.2) is 4.79 Å². The summed E-state index contributed by atoms with van der Waals surface area (Å²) in [6.07, 6.45) is 3.32. The lowest BCUT2D eigenvalue weighted by atomic mass is 9.70. The molecule has 2 bridgehead atoms. The second kappa shape index (κ2) is 8.93. The van der Waals surface area contributed by atoms with Crippen LogP contribution in [-0.2, 0) is 14.3 Å². The fourth-order valence-corrected chi connectivity index (χ4v) is 5.97. The summed E-state index contributed by atoms with van der Waals surface area (Å²) in [6, 6.07) is 6.44. The first kappa shape index (κ1) is 23.5. The van der Waals surface area contributed by atoms with Crippen LogP contribution in [-0.4, -0.2) is 40.5 Å². The lowest BCUT2D eigenvalue weighted by molar-refractivity contribution is -0.122. The molecule has 0 spiro atoms. The Bertz CT molecular complexity index is 1030. The summed E-state index contributed by atoms with van der Waals surface area (Å²) in [5.41, 5.74) is 2.34. The lowest BCUT2D eigenvalue weighted by Crippen LogP contribution is -2.32. The minimum Gasteiger partial charge on any atom is -0.462 e. The number of amides is 2. The van der Waals surface area contributed by atoms with Crippen molar-refractivity contribution in [3.63, 3.8) is 0 Å². The third-order valence-electron chi connectivity index (χ3n) is 7.60. The van der Waals surface area contributed by atoms with E-state index in [-0.39, 0.29) is 29.1 Å². The van der Waals surface area contributed by atoms with Crippen LogP contribution < -0.4 is 10.6 Å². The Labute approximate surface area is 198 Å². The van der Waals surface area contributed by atoms with E-state index in [0.29, 0.717) is 28.9 Å². The highest BCUT2D eigenvalue weighted by Gasteiger charge is 2.60. The van der Waals surface area contributed by atoms with Crippen molar-refractivity contribution < 1.29 is 19.1 Å². The third kappa shape index (κ3) is 4.43. The van der Waals surface area contributed by atoms with E-state index in [1.807, 2.05) is 0 Å². The van der Waals surface area contributed by atoms with E-state index in [4.69, 9.17) is 4.74 Å². The van der Waals surface area contributed by atoms with E-state index in [1.165, 1.54) is 18.2 Å². The summed E-state index contributed by atoms with van der Waals surface area (Å²) >= 11 is 1.23. The summed E-state index contributed by atoms with van der Waals surface area (Å²) in [5.74, 6) is -0.310. The molecular weight excluding hydrogens is 440 g/mol.